The number of aromatic nitrogens is 2. The molecule has 1 aromatic carbocycles. The molecule has 0 fully saturated rings. The lowest BCUT2D eigenvalue weighted by Gasteiger charge is -2.06. The van der Waals surface area contributed by atoms with Crippen LogP contribution < -0.4 is 10.6 Å². The monoisotopic (exact) mass is 256 g/mol. The molecular weight excluding hydrogens is 240 g/mol. The Morgan fingerprint density at radius 2 is 2.42 bits per heavy atom. The van der Waals surface area contributed by atoms with Gasteiger partial charge in [0.25, 0.3) is 5.91 Å². The lowest BCUT2D eigenvalue weighted by atomic mass is 10.1. The first-order chi connectivity index (χ1) is 9.22. The van der Waals surface area contributed by atoms with E-state index in [4.69, 9.17) is 0 Å². The van der Waals surface area contributed by atoms with E-state index in [1.54, 1.807) is 10.9 Å². The van der Waals surface area contributed by atoms with Gasteiger partial charge in [-0.05, 0) is 24.1 Å². The molecule has 0 atom stereocenters. The van der Waals surface area contributed by atoms with E-state index < -0.39 is 0 Å². The van der Waals surface area contributed by atoms with Gasteiger partial charge in [-0.25, -0.2) is 0 Å². The minimum Gasteiger partial charge on any atom is -0.384 e. The van der Waals surface area contributed by atoms with Crippen molar-refractivity contribution in [2.45, 2.75) is 13.0 Å². The van der Waals surface area contributed by atoms with Crippen LogP contribution in [0.25, 0.3) is 0 Å². The van der Waals surface area contributed by atoms with Gasteiger partial charge in [-0.3, -0.25) is 9.48 Å². The van der Waals surface area contributed by atoms with Gasteiger partial charge in [0.15, 0.2) is 0 Å². The highest BCUT2D eigenvalue weighted by Gasteiger charge is 2.13. The van der Waals surface area contributed by atoms with E-state index in [1.165, 1.54) is 5.56 Å². The van der Waals surface area contributed by atoms with Gasteiger partial charge in [-0.2, -0.15) is 5.10 Å². The van der Waals surface area contributed by atoms with E-state index in [2.05, 4.69) is 15.7 Å². The number of carbonyl (C=O) groups excluding carboxylic acids is 1. The highest BCUT2D eigenvalue weighted by Crippen LogP contribution is 2.23. The predicted octanol–water partition coefficient (Wildman–Crippen LogP) is 1.32. The minimum atomic E-state index is -0.0552. The molecule has 2 aromatic rings. The maximum absolute atomic E-state index is 12.1. The number of nitrogens with one attached hydrogen (secondary N) is 2. The van der Waals surface area contributed by atoms with Gasteiger partial charge in [0.1, 0.15) is 0 Å². The molecule has 5 heteroatoms. The van der Waals surface area contributed by atoms with E-state index in [0.717, 1.165) is 24.2 Å². The molecule has 1 aliphatic rings. The van der Waals surface area contributed by atoms with Gasteiger partial charge in [0.2, 0.25) is 0 Å². The van der Waals surface area contributed by atoms with Crippen molar-refractivity contribution in [3.63, 3.8) is 0 Å². The Morgan fingerprint density at radius 1 is 1.53 bits per heavy atom. The number of hydrogen-bond acceptors (Lipinski definition) is 3. The number of benzene rings is 1. The number of aryl methyl sites for hydroxylation is 1. The average molecular weight is 256 g/mol. The molecule has 1 aliphatic heterocycles. The summed E-state index contributed by atoms with van der Waals surface area (Å²) in [6.07, 6.45) is 4.68. The fourth-order valence-corrected chi connectivity index (χ4v) is 2.28. The molecule has 0 unspecified atom stereocenters. The number of carbonyl (C=O) groups is 1. The quantitative estimate of drug-likeness (QED) is 0.870. The average Bonchev–Trinajstić information content (AvgIpc) is 3.03. The van der Waals surface area contributed by atoms with Gasteiger partial charge < -0.3 is 10.6 Å². The van der Waals surface area contributed by atoms with Crippen LogP contribution in [0.4, 0.5) is 5.69 Å². The second kappa shape index (κ2) is 4.76. The van der Waals surface area contributed by atoms with Crippen molar-refractivity contribution in [2.75, 3.05) is 11.9 Å². The maximum Gasteiger partial charge on any atom is 0.251 e. The van der Waals surface area contributed by atoms with Crippen LogP contribution >= 0.6 is 0 Å². The van der Waals surface area contributed by atoms with Crippen LogP contribution in [0, 0.1) is 0 Å². The second-order valence-electron chi connectivity index (χ2n) is 4.75. The Hall–Kier alpha value is -2.30. The predicted molar refractivity (Wildman–Crippen MR) is 73.0 cm³/mol. The third kappa shape index (κ3) is 2.45. The van der Waals surface area contributed by atoms with Crippen molar-refractivity contribution in [1.29, 1.82) is 0 Å². The fraction of sp³-hybridized carbons (Fsp3) is 0.286. The highest BCUT2D eigenvalue weighted by atomic mass is 16.1. The highest BCUT2D eigenvalue weighted by molar-refractivity contribution is 5.95. The number of amides is 1. The molecule has 5 nitrogen and oxygen atoms in total. The van der Waals surface area contributed by atoms with E-state index in [9.17, 15) is 4.79 Å². The Bertz CT molecular complexity index is 618. The molecule has 19 heavy (non-hydrogen) atoms. The Kier molecular flexibility index (Phi) is 2.95. The van der Waals surface area contributed by atoms with Crippen LogP contribution in [0.3, 0.4) is 0 Å². The summed E-state index contributed by atoms with van der Waals surface area (Å²) in [6, 6.07) is 5.82. The van der Waals surface area contributed by atoms with E-state index in [1.807, 2.05) is 31.4 Å². The summed E-state index contributed by atoms with van der Waals surface area (Å²) < 4.78 is 1.72. The van der Waals surface area contributed by atoms with Gasteiger partial charge in [-0.1, -0.05) is 6.07 Å². The van der Waals surface area contributed by atoms with Crippen molar-refractivity contribution in [3.8, 4) is 0 Å². The molecule has 0 aliphatic carbocycles. The number of nitrogens with zero attached hydrogens (tertiary/aromatic N) is 2. The largest absolute Gasteiger partial charge is 0.384 e. The number of anilines is 1. The summed E-state index contributed by atoms with van der Waals surface area (Å²) in [5, 5.41) is 10.2. The smallest absolute Gasteiger partial charge is 0.251 e. The minimum absolute atomic E-state index is 0.0552. The molecule has 0 bridgehead atoms. The topological polar surface area (TPSA) is 59.0 Å². The Labute approximate surface area is 111 Å². The van der Waals surface area contributed by atoms with Crippen molar-refractivity contribution < 1.29 is 4.79 Å². The zero-order valence-electron chi connectivity index (χ0n) is 10.8. The van der Waals surface area contributed by atoms with Crippen LogP contribution in [0.2, 0.25) is 0 Å². The van der Waals surface area contributed by atoms with Gasteiger partial charge in [0.05, 0.1) is 6.20 Å². The normalized spacial score (nSPS) is 12.9. The molecule has 0 saturated heterocycles. The van der Waals surface area contributed by atoms with E-state index >= 15 is 0 Å². The summed E-state index contributed by atoms with van der Waals surface area (Å²) in [5.41, 5.74) is 4.05. The maximum atomic E-state index is 12.1. The fourth-order valence-electron chi connectivity index (χ4n) is 2.28. The molecule has 0 spiro atoms. The third-order valence-corrected chi connectivity index (χ3v) is 3.29. The molecule has 0 saturated carbocycles. The SMILES string of the molecule is Cn1cc(CNC(=O)c2ccc3c(c2)NCC3)cn1. The first kappa shape index (κ1) is 11.8. The summed E-state index contributed by atoms with van der Waals surface area (Å²) in [6.45, 7) is 1.45. The van der Waals surface area contributed by atoms with Gasteiger partial charge in [0, 0.05) is 43.1 Å². The van der Waals surface area contributed by atoms with Gasteiger partial charge >= 0.3 is 0 Å². The van der Waals surface area contributed by atoms with Crippen LogP contribution in [0.15, 0.2) is 30.6 Å². The third-order valence-electron chi connectivity index (χ3n) is 3.29. The van der Waals surface area contributed by atoms with Crippen molar-refractivity contribution >= 4 is 11.6 Å². The lowest BCUT2D eigenvalue weighted by molar-refractivity contribution is 0.0951. The molecule has 98 valence electrons. The molecule has 0 radical (unpaired) electrons. The first-order valence-corrected chi connectivity index (χ1v) is 6.35. The van der Waals surface area contributed by atoms with Crippen LogP contribution in [0.1, 0.15) is 21.5 Å². The molecule has 3 rings (SSSR count). The first-order valence-electron chi connectivity index (χ1n) is 6.35. The molecule has 1 amide bonds. The number of fused-ring (bicyclic) bond motifs is 1. The lowest BCUT2D eigenvalue weighted by Crippen LogP contribution is -2.22. The van der Waals surface area contributed by atoms with Crippen LogP contribution in [0.5, 0.6) is 0 Å². The van der Waals surface area contributed by atoms with Gasteiger partial charge in [-0.15, -0.1) is 0 Å². The summed E-state index contributed by atoms with van der Waals surface area (Å²) in [4.78, 5) is 12.1. The molecule has 1 aromatic heterocycles. The van der Waals surface area contributed by atoms with Crippen molar-refractivity contribution in [1.82, 2.24) is 15.1 Å². The van der Waals surface area contributed by atoms with E-state index in [0.29, 0.717) is 12.1 Å². The van der Waals surface area contributed by atoms with E-state index in [-0.39, 0.29) is 5.91 Å². The summed E-state index contributed by atoms with van der Waals surface area (Å²) in [7, 11) is 1.86. The van der Waals surface area contributed by atoms with Crippen molar-refractivity contribution in [2.24, 2.45) is 7.05 Å². The standard InChI is InChI=1S/C14H16N4O/c1-18-9-10(8-17-18)7-16-14(19)12-3-2-11-4-5-15-13(11)6-12/h2-3,6,8-9,15H,4-5,7H2,1H3,(H,16,19). The van der Waals surface area contributed by atoms with Crippen molar-refractivity contribution in [3.05, 3.63) is 47.3 Å². The Morgan fingerprint density at radius 3 is 3.21 bits per heavy atom. The zero-order valence-corrected chi connectivity index (χ0v) is 10.8. The molecular formula is C14H16N4O. The van der Waals surface area contributed by atoms with Crippen LogP contribution in [-0.4, -0.2) is 22.2 Å². The molecule has 2 heterocycles. The second-order valence-corrected chi connectivity index (χ2v) is 4.75. The zero-order chi connectivity index (χ0) is 13.2. The van der Waals surface area contributed by atoms with Crippen LogP contribution in [-0.2, 0) is 20.0 Å². The number of rotatable bonds is 3. The summed E-state index contributed by atoms with van der Waals surface area (Å²) in [5.74, 6) is -0.0552. The summed E-state index contributed by atoms with van der Waals surface area (Å²) >= 11 is 0. The Balaban J connectivity index is 1.67. The molecule has 2 N–H and O–H groups in total. The number of hydrogen-bond donors (Lipinski definition) is 2.